The number of aryl methyl sites for hydroxylation is 3. The Morgan fingerprint density at radius 1 is 0.738 bits per heavy atom. The van der Waals surface area contributed by atoms with Crippen molar-refractivity contribution in [3.8, 4) is 39.5 Å². The van der Waals surface area contributed by atoms with E-state index in [1.54, 1.807) is 24.4 Å². The Hall–Kier alpha value is -5.75. The van der Waals surface area contributed by atoms with E-state index < -0.39 is 19.5 Å². The molecule has 311 valence electrons. The van der Waals surface area contributed by atoms with Gasteiger partial charge in [0.25, 0.3) is 0 Å². The standard InChI is InChI=1S/C38H34N3O.C16H17FN.Ir/c1-22(2)28-9-7-10-29(23(3)4)35(28)41-33-19-25(6)21-39-37(33)40-38(41)32-12-8-11-31-30-18-17-27(20-34(30)42-36(31)32)26-15-13-24(5)14-16-26;1-11-5-7-13(14(17)9-11)15-8-6-12(10-18-15)16(2,3)4;/h7-11,13-23H,1-6H3;5-6,8-10H,1-4H3;/q2*-1;/i5D3;1D3;. The van der Waals surface area contributed by atoms with Crippen molar-refractivity contribution in [3.63, 3.8) is 0 Å². The third-order valence-corrected chi connectivity index (χ3v) is 10.9. The molecule has 5 nitrogen and oxygen atoms in total. The number of imidazole rings is 1. The van der Waals surface area contributed by atoms with Crippen LogP contribution >= 0.6 is 0 Å². The van der Waals surface area contributed by atoms with Crippen molar-refractivity contribution < 1.29 is 37.1 Å². The molecule has 61 heavy (non-hydrogen) atoms. The minimum absolute atomic E-state index is 0. The molecule has 0 amide bonds. The number of benzene rings is 5. The first-order chi connectivity index (χ1) is 31.1. The zero-order valence-electron chi connectivity index (χ0n) is 41.5. The summed E-state index contributed by atoms with van der Waals surface area (Å²) < 4.78 is 67.9. The van der Waals surface area contributed by atoms with Crippen LogP contribution in [0.2, 0.25) is 0 Å². The van der Waals surface area contributed by atoms with Crippen LogP contribution in [0, 0.1) is 38.6 Å². The Kier molecular flexibility index (Phi) is 10.2. The summed E-state index contributed by atoms with van der Waals surface area (Å²) in [7, 11) is 0. The molecule has 4 aromatic heterocycles. The maximum absolute atomic E-state index is 14.1. The molecule has 9 rings (SSSR count). The molecule has 0 spiro atoms. The van der Waals surface area contributed by atoms with Crippen LogP contribution in [0.4, 0.5) is 4.39 Å². The molecule has 0 atom stereocenters. The fourth-order valence-electron chi connectivity index (χ4n) is 7.63. The molecule has 0 fully saturated rings. The number of hydrogen-bond acceptors (Lipinski definition) is 4. The van der Waals surface area contributed by atoms with Crippen molar-refractivity contribution in [1.82, 2.24) is 19.5 Å². The zero-order chi connectivity index (χ0) is 47.5. The molecular weight excluding hydrogens is 932 g/mol. The second-order valence-corrected chi connectivity index (χ2v) is 17.0. The average molecular weight is 989 g/mol. The quantitative estimate of drug-likeness (QED) is 0.156. The van der Waals surface area contributed by atoms with Crippen molar-refractivity contribution in [3.05, 3.63) is 167 Å². The van der Waals surface area contributed by atoms with Gasteiger partial charge in [-0.3, -0.25) is 9.37 Å². The van der Waals surface area contributed by atoms with Crippen LogP contribution in [-0.2, 0) is 25.5 Å². The predicted octanol–water partition coefficient (Wildman–Crippen LogP) is 14.6. The summed E-state index contributed by atoms with van der Waals surface area (Å²) in [6.07, 6.45) is 3.57. The van der Waals surface area contributed by atoms with Gasteiger partial charge in [0.05, 0.1) is 16.9 Å². The van der Waals surface area contributed by atoms with Crippen LogP contribution in [0.15, 0.2) is 120 Å². The first-order valence-corrected chi connectivity index (χ1v) is 20.2. The van der Waals surface area contributed by atoms with E-state index in [4.69, 9.17) is 22.6 Å². The third kappa shape index (κ3) is 8.60. The van der Waals surface area contributed by atoms with E-state index in [0.29, 0.717) is 34.3 Å². The van der Waals surface area contributed by atoms with Crippen molar-refractivity contribution in [2.24, 2.45) is 0 Å². The number of para-hydroxylation sites is 1. The first-order valence-electron chi connectivity index (χ1n) is 23.2. The van der Waals surface area contributed by atoms with Gasteiger partial charge >= 0.3 is 0 Å². The van der Waals surface area contributed by atoms with E-state index in [1.807, 2.05) is 48.7 Å². The smallest absolute Gasteiger partial charge is 0.168 e. The number of aromatic nitrogens is 4. The first kappa shape index (κ1) is 36.0. The minimum Gasteiger partial charge on any atom is -0.501 e. The van der Waals surface area contributed by atoms with Crippen molar-refractivity contribution >= 4 is 33.1 Å². The van der Waals surface area contributed by atoms with Crippen LogP contribution in [0.5, 0.6) is 0 Å². The number of pyridine rings is 2. The molecule has 9 aromatic rings. The van der Waals surface area contributed by atoms with Gasteiger partial charge in [-0.25, -0.2) is 4.98 Å². The molecule has 0 saturated carbocycles. The fraction of sp³-hybridized carbons (Fsp3) is 0.241. The molecule has 7 heteroatoms. The van der Waals surface area contributed by atoms with E-state index >= 15 is 0 Å². The van der Waals surface area contributed by atoms with E-state index in [9.17, 15) is 4.39 Å². The monoisotopic (exact) mass is 989 g/mol. The van der Waals surface area contributed by atoms with Gasteiger partial charge in [0.1, 0.15) is 5.58 Å². The SMILES string of the molecule is [2H]C([2H])([2H])c1c[c-]c(-c2ccc(C(C)(C)C)cn2)c(F)c1.[2H]C([2H])([2H])c1ccc(-c2ccc3c(c2)oc2c(-c4nc5ncc(C)cc5n4-c4c(C(C)C)cccc4C(C)C)[c-]ccc23)cc1.[Ir]. The Bertz CT molecular complexity index is 3210. The topological polar surface area (TPSA) is 56.7 Å². The van der Waals surface area contributed by atoms with Gasteiger partial charge in [-0.15, -0.1) is 42.0 Å². The third-order valence-electron chi connectivity index (χ3n) is 10.9. The van der Waals surface area contributed by atoms with E-state index in [1.165, 1.54) is 17.2 Å². The molecule has 0 bridgehead atoms. The number of nitrogens with zero attached hydrogens (tertiary/aromatic N) is 4. The Morgan fingerprint density at radius 2 is 1.46 bits per heavy atom. The molecule has 0 N–H and O–H groups in total. The summed E-state index contributed by atoms with van der Waals surface area (Å²) in [6.45, 7) is 12.7. The van der Waals surface area contributed by atoms with Gasteiger partial charge in [0.2, 0.25) is 0 Å². The number of rotatable bonds is 6. The van der Waals surface area contributed by atoms with Crippen LogP contribution in [-0.4, -0.2) is 19.5 Å². The molecule has 0 aliphatic carbocycles. The van der Waals surface area contributed by atoms with E-state index in [2.05, 4.69) is 107 Å². The van der Waals surface area contributed by atoms with Crippen LogP contribution in [0.25, 0.3) is 72.6 Å². The van der Waals surface area contributed by atoms with Gasteiger partial charge in [-0.1, -0.05) is 144 Å². The number of hydrogen-bond donors (Lipinski definition) is 0. The number of furan rings is 1. The summed E-state index contributed by atoms with van der Waals surface area (Å²) in [5.74, 6) is 0.697. The summed E-state index contributed by atoms with van der Waals surface area (Å²) in [4.78, 5) is 14.1. The maximum Gasteiger partial charge on any atom is 0.168 e. The molecule has 5 aromatic carbocycles. The summed E-state index contributed by atoms with van der Waals surface area (Å²) in [5.41, 5.74) is 12.3. The summed E-state index contributed by atoms with van der Waals surface area (Å²) in [5, 5.41) is 1.97. The Balaban J connectivity index is 0.000000255. The molecule has 0 saturated heterocycles. The van der Waals surface area contributed by atoms with Crippen LogP contribution in [0.3, 0.4) is 0 Å². The number of fused-ring (bicyclic) bond motifs is 4. The van der Waals surface area contributed by atoms with Gasteiger partial charge in [-0.2, -0.15) is 0 Å². The average Bonchev–Trinajstić information content (AvgIpc) is 3.83. The summed E-state index contributed by atoms with van der Waals surface area (Å²) >= 11 is 0. The molecule has 0 aliphatic rings. The molecular formula is C54H51FIrN4O-2. The molecule has 1 radical (unpaired) electrons. The zero-order valence-corrected chi connectivity index (χ0v) is 37.9. The van der Waals surface area contributed by atoms with E-state index in [0.717, 1.165) is 67.3 Å². The second kappa shape index (κ2) is 17.3. The molecule has 4 heterocycles. The van der Waals surface area contributed by atoms with Crippen LogP contribution < -0.4 is 0 Å². The van der Waals surface area contributed by atoms with Gasteiger partial charge in [0, 0.05) is 57.6 Å². The Labute approximate surface area is 380 Å². The normalized spacial score (nSPS) is 13.6. The van der Waals surface area contributed by atoms with Gasteiger partial charge in [0.15, 0.2) is 5.65 Å². The number of halogens is 1. The van der Waals surface area contributed by atoms with Crippen LogP contribution in [0.1, 0.15) is 102 Å². The second-order valence-electron chi connectivity index (χ2n) is 17.0. The fourth-order valence-corrected chi connectivity index (χ4v) is 7.63. The van der Waals surface area contributed by atoms with E-state index in [-0.39, 0.29) is 36.6 Å². The Morgan fingerprint density at radius 3 is 2.10 bits per heavy atom. The molecule has 0 unspecified atom stereocenters. The van der Waals surface area contributed by atoms with Crippen molar-refractivity contribution in [2.75, 3.05) is 0 Å². The predicted molar refractivity (Wildman–Crippen MR) is 245 cm³/mol. The minimum atomic E-state index is -2.33. The van der Waals surface area contributed by atoms with Gasteiger partial charge < -0.3 is 14.0 Å². The largest absolute Gasteiger partial charge is 0.501 e. The summed E-state index contributed by atoms with van der Waals surface area (Å²) in [6, 6.07) is 38.0. The maximum atomic E-state index is 14.1. The molecule has 0 aliphatic heterocycles. The van der Waals surface area contributed by atoms with Gasteiger partial charge in [-0.05, 0) is 82.2 Å². The van der Waals surface area contributed by atoms with Crippen molar-refractivity contribution in [2.45, 2.75) is 86.3 Å². The van der Waals surface area contributed by atoms with Crippen molar-refractivity contribution in [1.29, 1.82) is 0 Å².